The Hall–Kier alpha value is -0.390. The van der Waals surface area contributed by atoms with Gasteiger partial charge in [0.25, 0.3) is 6.33 Å². The van der Waals surface area contributed by atoms with E-state index in [4.69, 9.17) is 0 Å². The first-order chi connectivity index (χ1) is 3.83. The molecule has 0 saturated heterocycles. The van der Waals surface area contributed by atoms with E-state index >= 15 is 0 Å². The Morgan fingerprint density at radius 1 is 1.67 bits per heavy atom. The van der Waals surface area contributed by atoms with E-state index in [9.17, 15) is 4.79 Å². The molecule has 0 fully saturated rings. The number of hydrogen-bond donors (Lipinski definition) is 0. The SMILES string of the molecule is C[n+]1ccn(C=O)c1.[I-]. The van der Waals surface area contributed by atoms with Crippen molar-refractivity contribution in [2.75, 3.05) is 0 Å². The molecule has 0 N–H and O–H groups in total. The molecule has 0 aromatic carbocycles. The molecule has 1 aromatic heterocycles. The Bertz CT molecular complexity index is 197. The van der Waals surface area contributed by atoms with Crippen LogP contribution in [0.15, 0.2) is 18.7 Å². The zero-order valence-corrected chi connectivity index (χ0v) is 7.15. The lowest BCUT2D eigenvalue weighted by Gasteiger charge is -1.71. The second-order valence-corrected chi connectivity index (χ2v) is 1.63. The van der Waals surface area contributed by atoms with E-state index in [2.05, 4.69) is 0 Å². The summed E-state index contributed by atoms with van der Waals surface area (Å²) in [4.78, 5) is 9.97. The number of rotatable bonds is 1. The highest BCUT2D eigenvalue weighted by atomic mass is 127. The summed E-state index contributed by atoms with van der Waals surface area (Å²) in [6.07, 6.45) is 5.92. The van der Waals surface area contributed by atoms with E-state index in [-0.39, 0.29) is 24.0 Å². The van der Waals surface area contributed by atoms with Gasteiger partial charge < -0.3 is 24.0 Å². The average molecular weight is 238 g/mol. The number of imidazole rings is 1. The second kappa shape index (κ2) is 3.60. The van der Waals surface area contributed by atoms with Crippen molar-refractivity contribution in [3.8, 4) is 0 Å². The van der Waals surface area contributed by atoms with Gasteiger partial charge in [-0.2, -0.15) is 4.57 Å². The summed E-state index contributed by atoms with van der Waals surface area (Å²) < 4.78 is 3.24. The zero-order valence-electron chi connectivity index (χ0n) is 4.99. The molecule has 1 rings (SSSR count). The highest BCUT2D eigenvalue weighted by Crippen LogP contribution is 1.72. The smallest absolute Gasteiger partial charge is 0.301 e. The molecule has 0 aliphatic carbocycles. The normalized spacial score (nSPS) is 8.11. The Balaban J connectivity index is 0.000000640. The maximum Gasteiger partial charge on any atom is 0.301 e. The van der Waals surface area contributed by atoms with Gasteiger partial charge in [0, 0.05) is 0 Å². The third-order valence-corrected chi connectivity index (χ3v) is 0.911. The Morgan fingerprint density at radius 3 is 2.56 bits per heavy atom. The zero-order chi connectivity index (χ0) is 5.98. The van der Waals surface area contributed by atoms with Crippen molar-refractivity contribution in [2.45, 2.75) is 0 Å². The summed E-state index contributed by atoms with van der Waals surface area (Å²) in [5, 5.41) is 0. The topological polar surface area (TPSA) is 25.9 Å². The van der Waals surface area contributed by atoms with Crippen molar-refractivity contribution >= 4 is 6.41 Å². The van der Waals surface area contributed by atoms with Crippen molar-refractivity contribution in [2.24, 2.45) is 7.05 Å². The quantitative estimate of drug-likeness (QED) is 0.281. The molecule has 0 aliphatic rings. The minimum Gasteiger partial charge on any atom is -1.00 e. The van der Waals surface area contributed by atoms with Crippen LogP contribution in [0.2, 0.25) is 0 Å². The molecule has 0 amide bonds. The fourth-order valence-corrected chi connectivity index (χ4v) is 0.532. The van der Waals surface area contributed by atoms with Gasteiger partial charge in [0.15, 0.2) is 0 Å². The van der Waals surface area contributed by atoms with Crippen LogP contribution in [0.1, 0.15) is 0 Å². The van der Waals surface area contributed by atoms with Gasteiger partial charge in [-0.15, -0.1) is 0 Å². The lowest BCUT2D eigenvalue weighted by molar-refractivity contribution is -0.670. The van der Waals surface area contributed by atoms with Crippen LogP contribution in [0, 0.1) is 0 Å². The van der Waals surface area contributed by atoms with Gasteiger partial charge >= 0.3 is 6.41 Å². The molecular weight excluding hydrogens is 231 g/mol. The molecule has 3 nitrogen and oxygen atoms in total. The van der Waals surface area contributed by atoms with Gasteiger partial charge in [-0.05, 0) is 0 Å². The fraction of sp³-hybridized carbons (Fsp3) is 0.200. The molecule has 9 heavy (non-hydrogen) atoms. The molecule has 0 spiro atoms. The number of aromatic nitrogens is 2. The highest BCUT2D eigenvalue weighted by molar-refractivity contribution is 5.50. The van der Waals surface area contributed by atoms with Gasteiger partial charge in [-0.25, -0.2) is 4.57 Å². The van der Waals surface area contributed by atoms with E-state index in [1.807, 2.05) is 7.05 Å². The van der Waals surface area contributed by atoms with E-state index in [1.54, 1.807) is 23.3 Å². The van der Waals surface area contributed by atoms with Crippen LogP contribution in [0.5, 0.6) is 0 Å². The molecule has 4 heteroatoms. The summed E-state index contributed by atoms with van der Waals surface area (Å²) in [6, 6.07) is 0. The van der Waals surface area contributed by atoms with Crippen molar-refractivity contribution in [1.29, 1.82) is 0 Å². The van der Waals surface area contributed by atoms with Crippen LogP contribution in [-0.4, -0.2) is 11.0 Å². The summed E-state index contributed by atoms with van der Waals surface area (Å²) in [6.45, 7) is 0. The van der Waals surface area contributed by atoms with Gasteiger partial charge in [-0.3, -0.25) is 4.79 Å². The third-order valence-electron chi connectivity index (χ3n) is 0.911. The molecule has 0 saturated carbocycles. The van der Waals surface area contributed by atoms with Crippen LogP contribution < -0.4 is 28.5 Å². The third kappa shape index (κ3) is 2.13. The van der Waals surface area contributed by atoms with Crippen LogP contribution >= 0.6 is 0 Å². The van der Waals surface area contributed by atoms with Crippen molar-refractivity contribution < 1.29 is 33.3 Å². The van der Waals surface area contributed by atoms with Crippen molar-refractivity contribution in [1.82, 2.24) is 4.57 Å². The Kier molecular flexibility index (Phi) is 3.44. The van der Waals surface area contributed by atoms with Crippen LogP contribution in [-0.2, 0) is 11.8 Å². The maximum absolute atomic E-state index is 9.97. The van der Waals surface area contributed by atoms with Crippen LogP contribution in [0.4, 0.5) is 0 Å². The minimum atomic E-state index is 0. The van der Waals surface area contributed by atoms with E-state index < -0.39 is 0 Å². The van der Waals surface area contributed by atoms with Gasteiger partial charge in [0.1, 0.15) is 12.4 Å². The van der Waals surface area contributed by atoms with Gasteiger partial charge in [-0.1, -0.05) is 0 Å². The molecule has 0 unspecified atom stereocenters. The standard InChI is InChI=1S/C5H7N2O.HI/c1-6-2-3-7(4-6)5-8;/h2-5H,1H3;1H/q+1;/p-1. The average Bonchev–Trinajstić information content (AvgIpc) is 2.14. The predicted octanol–water partition coefficient (Wildman–Crippen LogP) is -3.65. The molecule has 50 valence electrons. The van der Waals surface area contributed by atoms with Gasteiger partial charge in [0.2, 0.25) is 0 Å². The summed E-state index contributed by atoms with van der Waals surface area (Å²) in [5.41, 5.74) is 0. The molecule has 0 radical (unpaired) electrons. The Morgan fingerprint density at radius 2 is 2.33 bits per heavy atom. The summed E-state index contributed by atoms with van der Waals surface area (Å²) >= 11 is 0. The predicted molar refractivity (Wildman–Crippen MR) is 27.8 cm³/mol. The van der Waals surface area contributed by atoms with E-state index in [1.165, 1.54) is 4.57 Å². The lowest BCUT2D eigenvalue weighted by Crippen LogP contribution is -3.00. The number of carbonyl (C=O) groups is 1. The largest absolute Gasteiger partial charge is 1.00 e. The van der Waals surface area contributed by atoms with E-state index in [0.717, 1.165) is 6.41 Å². The number of carbonyl (C=O) groups excluding carboxylic acids is 1. The fourth-order valence-electron chi connectivity index (χ4n) is 0.532. The minimum absolute atomic E-state index is 0. The molecular formula is C5H7IN2O. The second-order valence-electron chi connectivity index (χ2n) is 1.63. The van der Waals surface area contributed by atoms with Crippen LogP contribution in [0.3, 0.4) is 0 Å². The summed E-state index contributed by atoms with van der Waals surface area (Å²) in [5.74, 6) is 0. The molecule has 1 heterocycles. The molecule has 1 aromatic rings. The van der Waals surface area contributed by atoms with Crippen molar-refractivity contribution in [3.05, 3.63) is 18.7 Å². The molecule has 0 bridgehead atoms. The molecule has 0 aliphatic heterocycles. The number of hydrogen-bond acceptors (Lipinski definition) is 1. The molecule has 0 atom stereocenters. The number of aryl methyl sites for hydroxylation is 1. The monoisotopic (exact) mass is 238 g/mol. The first-order valence-corrected chi connectivity index (χ1v) is 2.31. The summed E-state index contributed by atoms with van der Waals surface area (Å²) in [7, 11) is 1.86. The first-order valence-electron chi connectivity index (χ1n) is 2.31. The van der Waals surface area contributed by atoms with Gasteiger partial charge in [0.05, 0.1) is 7.05 Å². The number of nitrogens with zero attached hydrogens (tertiary/aromatic N) is 2. The van der Waals surface area contributed by atoms with Crippen molar-refractivity contribution in [3.63, 3.8) is 0 Å². The maximum atomic E-state index is 9.97. The Labute approximate surface area is 70.3 Å². The van der Waals surface area contributed by atoms with Crippen LogP contribution in [0.25, 0.3) is 0 Å². The first kappa shape index (κ1) is 8.61. The highest BCUT2D eigenvalue weighted by Gasteiger charge is 1.93. The number of halogens is 1. The lowest BCUT2D eigenvalue weighted by atomic mass is 10.9. The van der Waals surface area contributed by atoms with E-state index in [0.29, 0.717) is 0 Å².